The molecule has 7 heteroatoms. The Morgan fingerprint density at radius 3 is 2.83 bits per heavy atom. The summed E-state index contributed by atoms with van der Waals surface area (Å²) in [6.45, 7) is 1.22. The molecule has 2 saturated carbocycles. The molecule has 18 heavy (non-hydrogen) atoms. The Morgan fingerprint density at radius 1 is 1.50 bits per heavy atom. The van der Waals surface area contributed by atoms with Crippen molar-refractivity contribution in [3.8, 4) is 0 Å². The van der Waals surface area contributed by atoms with Gasteiger partial charge in [-0.1, -0.05) is 6.42 Å². The van der Waals surface area contributed by atoms with Gasteiger partial charge in [0.1, 0.15) is 0 Å². The highest BCUT2D eigenvalue weighted by atomic mass is 32.2. The second-order valence-corrected chi connectivity index (χ2v) is 6.24. The van der Waals surface area contributed by atoms with Crippen molar-refractivity contribution in [2.24, 2.45) is 17.8 Å². The fourth-order valence-corrected chi connectivity index (χ4v) is 3.29. The average Bonchev–Trinajstić information content (AvgIpc) is 2.95. The molecule has 5 nitrogen and oxygen atoms in total. The zero-order chi connectivity index (χ0) is 13.2. The second kappa shape index (κ2) is 5.73. The van der Waals surface area contributed by atoms with E-state index in [4.69, 9.17) is 4.74 Å². The number of halogens is 1. The third-order valence-corrected chi connectivity index (χ3v) is 4.50. The molecule has 0 saturated heterocycles. The van der Waals surface area contributed by atoms with Gasteiger partial charge in [0.05, 0.1) is 18.6 Å². The van der Waals surface area contributed by atoms with Crippen molar-refractivity contribution in [3.63, 3.8) is 0 Å². The summed E-state index contributed by atoms with van der Waals surface area (Å²) in [6, 6.07) is 0. The molecule has 0 N–H and O–H groups in total. The first-order valence-corrected chi connectivity index (χ1v) is 6.77. The maximum atomic E-state index is 13.7. The van der Waals surface area contributed by atoms with E-state index in [9.17, 15) is 14.4 Å². The second-order valence-electron chi connectivity index (χ2n) is 5.17. The summed E-state index contributed by atoms with van der Waals surface area (Å²) in [5, 5.41) is 10.2. The number of hydrogen-bond acceptors (Lipinski definition) is 6. The minimum absolute atomic E-state index is 0.00870. The molecule has 2 bridgehead atoms. The van der Waals surface area contributed by atoms with Crippen LogP contribution in [-0.4, -0.2) is 17.6 Å². The smallest absolute Gasteiger partial charge is 0.356 e. The van der Waals surface area contributed by atoms with Crippen LogP contribution in [0.15, 0.2) is 0 Å². The number of esters is 1. The standard InChI is InChI=1S/C11H17FO5S/c1-11(12,18-17-16-14)10(13)15-6-9-5-7-2-3-8(9)4-7/h7-9,14H,2-6H2,1H3/p-1. The van der Waals surface area contributed by atoms with Crippen LogP contribution in [0.4, 0.5) is 4.39 Å². The quantitative estimate of drug-likeness (QED) is 0.318. The average molecular weight is 279 g/mol. The third-order valence-electron chi connectivity index (χ3n) is 3.90. The molecule has 0 aliphatic heterocycles. The van der Waals surface area contributed by atoms with Crippen LogP contribution >= 0.6 is 12.0 Å². The van der Waals surface area contributed by atoms with E-state index in [1.165, 1.54) is 19.3 Å². The van der Waals surface area contributed by atoms with E-state index in [-0.39, 0.29) is 18.6 Å². The molecule has 0 amide bonds. The molecule has 2 rings (SSSR count). The van der Waals surface area contributed by atoms with Gasteiger partial charge in [-0.25, -0.2) is 9.18 Å². The molecule has 0 aromatic carbocycles. The molecule has 0 heterocycles. The fourth-order valence-electron chi connectivity index (χ4n) is 3.00. The molecule has 0 spiro atoms. The van der Waals surface area contributed by atoms with E-state index >= 15 is 0 Å². The predicted molar refractivity (Wildman–Crippen MR) is 59.2 cm³/mol. The number of ether oxygens (including phenoxy) is 1. The molecule has 0 aromatic heterocycles. The van der Waals surface area contributed by atoms with E-state index in [1.807, 2.05) is 0 Å². The van der Waals surface area contributed by atoms with Crippen LogP contribution in [0, 0.1) is 17.8 Å². The van der Waals surface area contributed by atoms with Crippen molar-refractivity contribution in [1.29, 1.82) is 0 Å². The summed E-state index contributed by atoms with van der Waals surface area (Å²) in [4.78, 5) is 11.5. The Balaban J connectivity index is 1.74. The van der Waals surface area contributed by atoms with Crippen molar-refractivity contribution in [3.05, 3.63) is 0 Å². The highest BCUT2D eigenvalue weighted by Gasteiger charge is 2.42. The van der Waals surface area contributed by atoms with Gasteiger partial charge < -0.3 is 9.99 Å². The first-order valence-electron chi connectivity index (χ1n) is 6.03. The van der Waals surface area contributed by atoms with Crippen LogP contribution in [0.3, 0.4) is 0 Å². The zero-order valence-electron chi connectivity index (χ0n) is 10.1. The summed E-state index contributed by atoms with van der Waals surface area (Å²) >= 11 is 0.00870. The highest BCUT2D eigenvalue weighted by Crippen LogP contribution is 2.48. The topological polar surface area (TPSA) is 67.8 Å². The maximum absolute atomic E-state index is 13.7. The van der Waals surface area contributed by atoms with Gasteiger partial charge in [-0.15, -0.1) is 0 Å². The summed E-state index contributed by atoms with van der Waals surface area (Å²) in [7, 11) is 0. The van der Waals surface area contributed by atoms with Gasteiger partial charge in [0.25, 0.3) is 5.00 Å². The molecule has 2 fully saturated rings. The Bertz CT molecular complexity index is 312. The number of carbonyl (C=O) groups is 1. The Morgan fingerprint density at radius 2 is 2.28 bits per heavy atom. The van der Waals surface area contributed by atoms with Crippen LogP contribution in [0.1, 0.15) is 32.6 Å². The summed E-state index contributed by atoms with van der Waals surface area (Å²) in [5.41, 5.74) is 0. The Kier molecular flexibility index (Phi) is 4.47. The van der Waals surface area contributed by atoms with Crippen molar-refractivity contribution >= 4 is 18.0 Å². The van der Waals surface area contributed by atoms with Crippen molar-refractivity contribution in [2.45, 2.75) is 37.6 Å². The first kappa shape index (κ1) is 14.0. The lowest BCUT2D eigenvalue weighted by Crippen LogP contribution is -2.31. The molecule has 0 radical (unpaired) electrons. The molecule has 2 aliphatic carbocycles. The summed E-state index contributed by atoms with van der Waals surface area (Å²) in [6.07, 6.45) is 4.72. The van der Waals surface area contributed by atoms with Gasteiger partial charge >= 0.3 is 5.97 Å². The van der Waals surface area contributed by atoms with Crippen LogP contribution < -0.4 is 5.26 Å². The lowest BCUT2D eigenvalue weighted by molar-refractivity contribution is -0.777. The van der Waals surface area contributed by atoms with E-state index < -0.39 is 11.0 Å². The highest BCUT2D eigenvalue weighted by molar-refractivity contribution is 7.96. The summed E-state index contributed by atoms with van der Waals surface area (Å²) < 4.78 is 22.5. The largest absolute Gasteiger partial charge is 0.691 e. The maximum Gasteiger partial charge on any atom is 0.356 e. The Labute approximate surface area is 109 Å². The SMILES string of the molecule is CC(F)(SOO[O-])C(=O)OCC1CC2CCC1C2. The van der Waals surface area contributed by atoms with E-state index in [2.05, 4.69) is 9.37 Å². The fraction of sp³-hybridized carbons (Fsp3) is 0.909. The number of fused-ring (bicyclic) bond motifs is 2. The van der Waals surface area contributed by atoms with Gasteiger partial charge in [-0.05, 0) is 43.9 Å². The van der Waals surface area contributed by atoms with E-state index in [0.717, 1.165) is 19.3 Å². The number of carbonyl (C=O) groups excluding carboxylic acids is 1. The minimum atomic E-state index is -2.43. The van der Waals surface area contributed by atoms with Crippen LogP contribution in [0.25, 0.3) is 0 Å². The molecule has 0 aromatic rings. The third kappa shape index (κ3) is 3.14. The van der Waals surface area contributed by atoms with Gasteiger partial charge in [0.15, 0.2) is 0 Å². The van der Waals surface area contributed by atoms with Crippen LogP contribution in [0.2, 0.25) is 0 Å². The molecular weight excluding hydrogens is 263 g/mol. The predicted octanol–water partition coefficient (Wildman–Crippen LogP) is 1.52. The molecule has 2 aliphatic rings. The van der Waals surface area contributed by atoms with Crippen molar-refractivity contribution in [1.82, 2.24) is 0 Å². The first-order chi connectivity index (χ1) is 8.53. The molecule has 4 atom stereocenters. The van der Waals surface area contributed by atoms with Gasteiger partial charge in [0, 0.05) is 0 Å². The van der Waals surface area contributed by atoms with E-state index in [1.54, 1.807) is 0 Å². The monoisotopic (exact) mass is 279 g/mol. The molecule has 4 unspecified atom stereocenters. The van der Waals surface area contributed by atoms with Gasteiger partial charge in [-0.2, -0.15) is 4.33 Å². The number of rotatable bonds is 6. The van der Waals surface area contributed by atoms with Gasteiger partial charge in [0.2, 0.25) is 0 Å². The van der Waals surface area contributed by atoms with Crippen molar-refractivity contribution in [2.75, 3.05) is 6.61 Å². The van der Waals surface area contributed by atoms with Crippen molar-refractivity contribution < 1.29 is 28.6 Å². The number of hydrogen-bond donors (Lipinski definition) is 0. The van der Waals surface area contributed by atoms with Crippen LogP contribution in [-0.2, 0) is 18.9 Å². The molecular formula is C11H16FO5S-. The normalized spacial score (nSPS) is 33.4. The number of alkyl halides is 1. The lowest BCUT2D eigenvalue weighted by Gasteiger charge is -2.23. The van der Waals surface area contributed by atoms with Crippen LogP contribution in [0.5, 0.6) is 0 Å². The van der Waals surface area contributed by atoms with E-state index in [0.29, 0.717) is 11.8 Å². The summed E-state index contributed by atoms with van der Waals surface area (Å²) in [5.74, 6) is 0.682. The minimum Gasteiger partial charge on any atom is -0.691 e. The Hall–Kier alpha value is -0.370. The van der Waals surface area contributed by atoms with Gasteiger partial charge in [-0.3, -0.25) is 5.04 Å². The zero-order valence-corrected chi connectivity index (χ0v) is 10.9. The molecule has 104 valence electrons. The lowest BCUT2D eigenvalue weighted by atomic mass is 9.90.